The van der Waals surface area contributed by atoms with E-state index >= 15 is 0 Å². The lowest BCUT2D eigenvalue weighted by Crippen LogP contribution is -2.33. The SMILES string of the molecule is CCCN(c1nc(N)cc(Br)n1)C(C)C. The monoisotopic (exact) mass is 272 g/mol. The molecule has 0 fully saturated rings. The molecule has 0 unspecified atom stereocenters. The minimum absolute atomic E-state index is 0.374. The number of aromatic nitrogens is 2. The van der Waals surface area contributed by atoms with Crippen LogP contribution in [0, 0.1) is 0 Å². The van der Waals surface area contributed by atoms with Gasteiger partial charge in [0.15, 0.2) is 0 Å². The van der Waals surface area contributed by atoms with E-state index in [1.807, 2.05) is 0 Å². The molecule has 84 valence electrons. The minimum Gasteiger partial charge on any atom is -0.383 e. The number of anilines is 2. The molecule has 0 atom stereocenters. The fourth-order valence-electron chi connectivity index (χ4n) is 1.38. The number of halogens is 1. The zero-order valence-corrected chi connectivity index (χ0v) is 11.0. The van der Waals surface area contributed by atoms with Crippen LogP contribution in [0.4, 0.5) is 11.8 Å². The Hall–Kier alpha value is -0.840. The molecule has 5 heteroatoms. The van der Waals surface area contributed by atoms with Gasteiger partial charge in [0.2, 0.25) is 5.95 Å². The van der Waals surface area contributed by atoms with Crippen LogP contribution in [0.5, 0.6) is 0 Å². The van der Waals surface area contributed by atoms with Gasteiger partial charge in [-0.05, 0) is 36.2 Å². The molecule has 0 amide bonds. The quantitative estimate of drug-likeness (QED) is 0.856. The maximum Gasteiger partial charge on any atom is 0.228 e. The fraction of sp³-hybridized carbons (Fsp3) is 0.600. The normalized spacial score (nSPS) is 10.7. The Balaban J connectivity index is 2.99. The first-order valence-corrected chi connectivity index (χ1v) is 5.90. The highest BCUT2D eigenvalue weighted by atomic mass is 79.9. The van der Waals surface area contributed by atoms with E-state index in [0.717, 1.165) is 17.6 Å². The summed E-state index contributed by atoms with van der Waals surface area (Å²) in [6.07, 6.45) is 1.06. The summed E-state index contributed by atoms with van der Waals surface area (Å²) >= 11 is 3.32. The number of nitrogen functional groups attached to an aromatic ring is 1. The molecular formula is C10H17BrN4. The summed E-state index contributed by atoms with van der Waals surface area (Å²) in [5.41, 5.74) is 5.69. The van der Waals surface area contributed by atoms with E-state index in [1.54, 1.807) is 6.07 Å². The summed E-state index contributed by atoms with van der Waals surface area (Å²) in [6.45, 7) is 7.32. The number of nitrogens with two attached hydrogens (primary N) is 1. The van der Waals surface area contributed by atoms with Gasteiger partial charge in [-0.2, -0.15) is 4.98 Å². The van der Waals surface area contributed by atoms with Gasteiger partial charge in [0.25, 0.3) is 0 Å². The minimum atomic E-state index is 0.374. The standard InChI is InChI=1S/C10H17BrN4/c1-4-5-15(7(2)3)10-13-8(11)6-9(12)14-10/h6-7H,4-5H2,1-3H3,(H2,12,13,14). The van der Waals surface area contributed by atoms with Gasteiger partial charge in [-0.1, -0.05) is 6.92 Å². The molecule has 1 aromatic heterocycles. The van der Waals surface area contributed by atoms with Gasteiger partial charge in [0.05, 0.1) is 0 Å². The molecule has 0 aliphatic heterocycles. The van der Waals surface area contributed by atoms with Crippen molar-refractivity contribution in [3.8, 4) is 0 Å². The van der Waals surface area contributed by atoms with Gasteiger partial charge in [0.1, 0.15) is 10.4 Å². The van der Waals surface area contributed by atoms with Crippen molar-refractivity contribution >= 4 is 27.7 Å². The van der Waals surface area contributed by atoms with E-state index < -0.39 is 0 Å². The Kier molecular flexibility index (Phi) is 4.32. The molecule has 0 aliphatic rings. The van der Waals surface area contributed by atoms with Gasteiger partial charge >= 0.3 is 0 Å². The average Bonchev–Trinajstić information content (AvgIpc) is 2.11. The molecule has 0 radical (unpaired) electrons. The smallest absolute Gasteiger partial charge is 0.228 e. The van der Waals surface area contributed by atoms with E-state index in [-0.39, 0.29) is 0 Å². The first-order chi connectivity index (χ1) is 7.04. The second kappa shape index (κ2) is 5.30. The van der Waals surface area contributed by atoms with E-state index in [0.29, 0.717) is 17.8 Å². The van der Waals surface area contributed by atoms with E-state index in [2.05, 4.69) is 51.6 Å². The first-order valence-electron chi connectivity index (χ1n) is 5.11. The van der Waals surface area contributed by atoms with Crippen molar-refractivity contribution in [2.75, 3.05) is 17.2 Å². The number of rotatable bonds is 4. The number of nitrogens with zero attached hydrogens (tertiary/aromatic N) is 3. The maximum atomic E-state index is 5.69. The predicted octanol–water partition coefficient (Wildman–Crippen LogP) is 2.45. The molecule has 1 heterocycles. The summed E-state index contributed by atoms with van der Waals surface area (Å²) in [5.74, 6) is 1.19. The van der Waals surface area contributed by atoms with E-state index in [4.69, 9.17) is 5.73 Å². The lowest BCUT2D eigenvalue weighted by atomic mass is 10.3. The van der Waals surface area contributed by atoms with Crippen LogP contribution in [0.25, 0.3) is 0 Å². The summed E-state index contributed by atoms with van der Waals surface area (Å²) in [6, 6.07) is 2.08. The molecule has 0 aromatic carbocycles. The van der Waals surface area contributed by atoms with Crippen molar-refractivity contribution in [3.05, 3.63) is 10.7 Å². The second-order valence-corrected chi connectivity index (χ2v) is 4.52. The van der Waals surface area contributed by atoms with Crippen LogP contribution in [-0.2, 0) is 0 Å². The molecule has 1 rings (SSSR count). The van der Waals surface area contributed by atoms with Crippen molar-refractivity contribution in [1.29, 1.82) is 0 Å². The Morgan fingerprint density at radius 3 is 2.60 bits per heavy atom. The van der Waals surface area contributed by atoms with Crippen LogP contribution < -0.4 is 10.6 Å². The van der Waals surface area contributed by atoms with E-state index in [1.165, 1.54) is 0 Å². The van der Waals surface area contributed by atoms with Gasteiger partial charge < -0.3 is 10.6 Å². The topological polar surface area (TPSA) is 55.0 Å². The van der Waals surface area contributed by atoms with Gasteiger partial charge in [-0.15, -0.1) is 0 Å². The van der Waals surface area contributed by atoms with Gasteiger partial charge in [-0.3, -0.25) is 0 Å². The Labute approximate surface area is 99.0 Å². The van der Waals surface area contributed by atoms with Crippen LogP contribution in [0.15, 0.2) is 10.7 Å². The van der Waals surface area contributed by atoms with Crippen molar-refractivity contribution in [1.82, 2.24) is 9.97 Å². The lowest BCUT2D eigenvalue weighted by Gasteiger charge is -2.26. The van der Waals surface area contributed by atoms with Crippen LogP contribution in [0.3, 0.4) is 0 Å². The highest BCUT2D eigenvalue weighted by molar-refractivity contribution is 9.10. The van der Waals surface area contributed by atoms with Crippen LogP contribution in [0.1, 0.15) is 27.2 Å². The molecule has 4 nitrogen and oxygen atoms in total. The molecular weight excluding hydrogens is 256 g/mol. The van der Waals surface area contributed by atoms with Crippen molar-refractivity contribution in [2.24, 2.45) is 0 Å². The molecule has 0 saturated carbocycles. The third-order valence-electron chi connectivity index (χ3n) is 2.05. The van der Waals surface area contributed by atoms with Crippen molar-refractivity contribution in [3.63, 3.8) is 0 Å². The molecule has 15 heavy (non-hydrogen) atoms. The summed E-state index contributed by atoms with van der Waals surface area (Å²) in [4.78, 5) is 10.7. The molecule has 1 aromatic rings. The Bertz CT molecular complexity index is 307. The second-order valence-electron chi connectivity index (χ2n) is 3.70. The molecule has 0 spiro atoms. The Morgan fingerprint density at radius 2 is 2.13 bits per heavy atom. The average molecular weight is 273 g/mol. The highest BCUT2D eigenvalue weighted by Gasteiger charge is 2.13. The summed E-state index contributed by atoms with van der Waals surface area (Å²) in [7, 11) is 0. The zero-order chi connectivity index (χ0) is 11.4. The Morgan fingerprint density at radius 1 is 1.47 bits per heavy atom. The molecule has 0 aliphatic carbocycles. The van der Waals surface area contributed by atoms with Crippen molar-refractivity contribution < 1.29 is 0 Å². The molecule has 2 N–H and O–H groups in total. The largest absolute Gasteiger partial charge is 0.383 e. The number of hydrogen-bond acceptors (Lipinski definition) is 4. The maximum absolute atomic E-state index is 5.69. The van der Waals surface area contributed by atoms with Gasteiger partial charge in [0, 0.05) is 18.7 Å². The molecule has 0 bridgehead atoms. The highest BCUT2D eigenvalue weighted by Crippen LogP contribution is 2.17. The van der Waals surface area contributed by atoms with Crippen molar-refractivity contribution in [2.45, 2.75) is 33.2 Å². The van der Waals surface area contributed by atoms with Gasteiger partial charge in [-0.25, -0.2) is 4.98 Å². The summed E-state index contributed by atoms with van der Waals surface area (Å²) in [5, 5.41) is 0. The summed E-state index contributed by atoms with van der Waals surface area (Å²) < 4.78 is 0.728. The van der Waals surface area contributed by atoms with Crippen LogP contribution in [-0.4, -0.2) is 22.6 Å². The van der Waals surface area contributed by atoms with Crippen LogP contribution in [0.2, 0.25) is 0 Å². The van der Waals surface area contributed by atoms with E-state index in [9.17, 15) is 0 Å². The fourth-order valence-corrected chi connectivity index (χ4v) is 1.77. The third-order valence-corrected chi connectivity index (χ3v) is 2.45. The predicted molar refractivity (Wildman–Crippen MR) is 66.9 cm³/mol. The lowest BCUT2D eigenvalue weighted by molar-refractivity contribution is 0.651. The zero-order valence-electron chi connectivity index (χ0n) is 9.37. The first kappa shape index (κ1) is 12.2. The third kappa shape index (κ3) is 3.34. The number of hydrogen-bond donors (Lipinski definition) is 1. The molecule has 0 saturated heterocycles. The van der Waals surface area contributed by atoms with Crippen LogP contribution >= 0.6 is 15.9 Å².